The molecule has 8 heteroatoms. The first-order valence-corrected chi connectivity index (χ1v) is 8.76. The van der Waals surface area contributed by atoms with Gasteiger partial charge in [0, 0.05) is 21.3 Å². The maximum Gasteiger partial charge on any atom is 0.342 e. The molecular formula is C9H22O6P2. The molecular weight excluding hydrogens is 266 g/mol. The number of hydrogen-bond acceptors (Lipinski definition) is 6. The van der Waals surface area contributed by atoms with Crippen molar-refractivity contribution in [1.29, 1.82) is 0 Å². The topological polar surface area (TPSA) is 71.1 Å². The summed E-state index contributed by atoms with van der Waals surface area (Å²) in [7, 11) is -3.10. The van der Waals surface area contributed by atoms with E-state index in [-0.39, 0.29) is 12.5 Å². The van der Waals surface area contributed by atoms with E-state index in [9.17, 15) is 9.13 Å². The Hall–Kier alpha value is 0.300. The van der Waals surface area contributed by atoms with E-state index in [1.807, 2.05) is 13.8 Å². The molecule has 0 aromatic carbocycles. The van der Waals surface area contributed by atoms with Crippen LogP contribution in [-0.4, -0.2) is 33.8 Å². The highest BCUT2D eigenvalue weighted by atomic mass is 31.2. The van der Waals surface area contributed by atoms with E-state index in [4.69, 9.17) is 18.1 Å². The van der Waals surface area contributed by atoms with E-state index < -0.39 is 15.2 Å². The number of hydrogen-bond donors (Lipinski definition) is 0. The molecule has 0 aromatic heterocycles. The lowest BCUT2D eigenvalue weighted by atomic mass is 10.2. The van der Waals surface area contributed by atoms with Gasteiger partial charge < -0.3 is 18.1 Å². The molecule has 0 fully saturated rings. The quantitative estimate of drug-likeness (QED) is 0.606. The Morgan fingerprint density at radius 3 is 1.76 bits per heavy atom. The van der Waals surface area contributed by atoms with Crippen LogP contribution in [-0.2, 0) is 27.2 Å². The second-order valence-electron chi connectivity index (χ2n) is 3.93. The smallest absolute Gasteiger partial charge is 0.311 e. The minimum atomic E-state index is -3.42. The van der Waals surface area contributed by atoms with E-state index >= 15 is 0 Å². The Morgan fingerprint density at radius 1 is 0.941 bits per heavy atom. The summed E-state index contributed by atoms with van der Waals surface area (Å²) in [6.07, 6.45) is 0.748. The maximum absolute atomic E-state index is 12.1. The van der Waals surface area contributed by atoms with Crippen LogP contribution >= 0.6 is 15.2 Å². The molecule has 0 aliphatic heterocycles. The Kier molecular flexibility index (Phi) is 7.81. The van der Waals surface area contributed by atoms with Gasteiger partial charge in [-0.15, -0.1) is 0 Å². The molecule has 0 amide bonds. The van der Waals surface area contributed by atoms with Crippen LogP contribution in [0, 0.1) is 5.92 Å². The summed E-state index contributed by atoms with van der Waals surface area (Å²) in [6, 6.07) is 0. The zero-order valence-electron chi connectivity index (χ0n) is 11.0. The van der Waals surface area contributed by atoms with E-state index in [2.05, 4.69) is 0 Å². The second-order valence-corrected chi connectivity index (χ2v) is 8.86. The molecule has 17 heavy (non-hydrogen) atoms. The average Bonchev–Trinajstić information content (AvgIpc) is 2.28. The van der Waals surface area contributed by atoms with Gasteiger partial charge in [0.15, 0.2) is 5.90 Å². The van der Waals surface area contributed by atoms with Crippen molar-refractivity contribution in [3.05, 3.63) is 0 Å². The summed E-state index contributed by atoms with van der Waals surface area (Å²) in [5.41, 5.74) is 0. The van der Waals surface area contributed by atoms with Crippen LogP contribution in [0.2, 0.25) is 0 Å². The van der Waals surface area contributed by atoms with Crippen molar-refractivity contribution in [3.8, 4) is 0 Å². The Labute approximate surface area is 103 Å². The van der Waals surface area contributed by atoms with Crippen LogP contribution in [0.3, 0.4) is 0 Å². The van der Waals surface area contributed by atoms with Crippen molar-refractivity contribution in [1.82, 2.24) is 0 Å². The van der Waals surface area contributed by atoms with Crippen molar-refractivity contribution >= 4 is 15.2 Å². The highest BCUT2D eigenvalue weighted by Gasteiger charge is 2.36. The van der Waals surface area contributed by atoms with E-state index in [0.29, 0.717) is 5.92 Å². The highest BCUT2D eigenvalue weighted by Crippen LogP contribution is 2.62. The monoisotopic (exact) mass is 288 g/mol. The third-order valence-electron chi connectivity index (χ3n) is 2.16. The van der Waals surface area contributed by atoms with Gasteiger partial charge in [0.05, 0.1) is 6.61 Å². The highest BCUT2D eigenvalue weighted by molar-refractivity contribution is 7.71. The van der Waals surface area contributed by atoms with Gasteiger partial charge in [0.1, 0.15) is 0 Å². The molecule has 0 spiro atoms. The molecule has 0 rings (SSSR count). The lowest BCUT2D eigenvalue weighted by molar-refractivity contribution is 0.220. The zero-order valence-corrected chi connectivity index (χ0v) is 12.8. The van der Waals surface area contributed by atoms with Crippen molar-refractivity contribution in [3.63, 3.8) is 0 Å². The van der Waals surface area contributed by atoms with Crippen LogP contribution in [0.1, 0.15) is 20.3 Å². The third-order valence-corrected chi connectivity index (χ3v) is 7.18. The number of rotatable bonds is 9. The fourth-order valence-corrected chi connectivity index (χ4v) is 5.03. The van der Waals surface area contributed by atoms with E-state index in [1.54, 1.807) is 0 Å². The molecule has 1 atom stereocenters. The largest absolute Gasteiger partial charge is 0.342 e. The average molecular weight is 288 g/mol. The predicted molar refractivity (Wildman–Crippen MR) is 66.5 cm³/mol. The molecule has 0 N–H and O–H groups in total. The minimum Gasteiger partial charge on any atom is -0.311 e. The van der Waals surface area contributed by atoms with Crippen LogP contribution in [0.15, 0.2) is 0 Å². The molecule has 0 aromatic rings. The van der Waals surface area contributed by atoms with Gasteiger partial charge >= 0.3 is 15.2 Å². The Balaban J connectivity index is 4.47. The zero-order chi connectivity index (χ0) is 13.5. The molecule has 0 saturated heterocycles. The maximum atomic E-state index is 12.1. The summed E-state index contributed by atoms with van der Waals surface area (Å²) >= 11 is 0. The van der Waals surface area contributed by atoms with Gasteiger partial charge in [-0.25, -0.2) is 0 Å². The van der Waals surface area contributed by atoms with Crippen LogP contribution in [0.5, 0.6) is 0 Å². The van der Waals surface area contributed by atoms with Gasteiger partial charge in [-0.3, -0.25) is 9.13 Å². The first-order chi connectivity index (χ1) is 7.81. The lowest BCUT2D eigenvalue weighted by Crippen LogP contribution is -2.04. The van der Waals surface area contributed by atoms with Crippen LogP contribution in [0.4, 0.5) is 0 Å². The summed E-state index contributed by atoms with van der Waals surface area (Å²) in [6.45, 7) is 4.34. The van der Waals surface area contributed by atoms with E-state index in [0.717, 1.165) is 6.42 Å². The molecule has 0 bridgehead atoms. The lowest BCUT2D eigenvalue weighted by Gasteiger charge is -2.20. The summed E-state index contributed by atoms with van der Waals surface area (Å²) in [5.74, 6) is 0.0543. The standard InChI is InChI=1S/C9H22O6P2/c1-9(2)6-7-15-17(11,14-5)8-16(10,12-3)13-4/h9H,6-8H2,1-5H3. The van der Waals surface area contributed by atoms with Crippen molar-refractivity contribution in [2.24, 2.45) is 5.92 Å². The Bertz CT molecular complexity index is 296. The molecule has 6 nitrogen and oxygen atoms in total. The molecule has 0 aliphatic rings. The summed E-state index contributed by atoms with van der Waals surface area (Å²) < 4.78 is 43.4. The van der Waals surface area contributed by atoms with Crippen molar-refractivity contribution in [2.75, 3.05) is 33.8 Å². The molecule has 104 valence electrons. The molecule has 0 heterocycles. The SMILES string of the molecule is COP(=O)(CP(=O)(OC)OCCC(C)C)OC. The van der Waals surface area contributed by atoms with Crippen molar-refractivity contribution < 1.29 is 27.2 Å². The Morgan fingerprint density at radius 2 is 1.41 bits per heavy atom. The molecule has 0 aliphatic carbocycles. The van der Waals surface area contributed by atoms with Crippen LogP contribution < -0.4 is 0 Å². The molecule has 0 radical (unpaired) electrons. The third kappa shape index (κ3) is 6.70. The summed E-state index contributed by atoms with van der Waals surface area (Å²) in [4.78, 5) is 0. The molecule has 0 saturated carbocycles. The second kappa shape index (κ2) is 7.67. The summed E-state index contributed by atoms with van der Waals surface area (Å²) in [5, 5.41) is 0. The fourth-order valence-electron chi connectivity index (χ4n) is 0.981. The van der Waals surface area contributed by atoms with Gasteiger partial charge in [-0.2, -0.15) is 0 Å². The van der Waals surface area contributed by atoms with Gasteiger partial charge in [-0.1, -0.05) is 13.8 Å². The van der Waals surface area contributed by atoms with E-state index in [1.165, 1.54) is 21.3 Å². The van der Waals surface area contributed by atoms with Gasteiger partial charge in [0.25, 0.3) is 0 Å². The van der Waals surface area contributed by atoms with Crippen LogP contribution in [0.25, 0.3) is 0 Å². The van der Waals surface area contributed by atoms with Crippen molar-refractivity contribution in [2.45, 2.75) is 20.3 Å². The minimum absolute atomic E-state index is 0.288. The molecule has 1 unspecified atom stereocenters. The first-order valence-electron chi connectivity index (χ1n) is 5.30. The predicted octanol–water partition coefficient (Wildman–Crippen LogP) is 3.33. The normalized spacial score (nSPS) is 16.1. The first kappa shape index (κ1) is 17.3. The van der Waals surface area contributed by atoms with Gasteiger partial charge in [-0.05, 0) is 12.3 Å². The fraction of sp³-hybridized carbons (Fsp3) is 1.00. The van der Waals surface area contributed by atoms with Gasteiger partial charge in [0.2, 0.25) is 0 Å².